The fourth-order valence-corrected chi connectivity index (χ4v) is 4.34. The highest BCUT2D eigenvalue weighted by Gasteiger charge is 2.40. The lowest BCUT2D eigenvalue weighted by atomic mass is 10.0. The molecular weight excluding hydrogens is 418 g/mol. The van der Waals surface area contributed by atoms with E-state index in [1.54, 1.807) is 4.68 Å². The highest BCUT2D eigenvalue weighted by Crippen LogP contribution is 2.27. The lowest BCUT2D eigenvalue weighted by Crippen LogP contribution is -2.52. The number of amides is 2. The number of aromatic nitrogens is 3. The summed E-state index contributed by atoms with van der Waals surface area (Å²) in [7, 11) is 0. The normalized spacial score (nSPS) is 21.0. The molecule has 2 fully saturated rings. The Labute approximate surface area is 185 Å². The Morgan fingerprint density at radius 2 is 1.97 bits per heavy atom. The second-order valence-electron chi connectivity index (χ2n) is 8.35. The summed E-state index contributed by atoms with van der Waals surface area (Å²) in [6, 6.07) is 8.91. The van der Waals surface area contributed by atoms with Gasteiger partial charge in [-0.05, 0) is 26.2 Å². The third kappa shape index (κ3) is 4.95. The average Bonchev–Trinajstić information content (AvgIpc) is 3.36. The monoisotopic (exact) mass is 446 g/mol. The Balaban J connectivity index is 1.44. The van der Waals surface area contributed by atoms with Crippen molar-refractivity contribution in [3.63, 3.8) is 0 Å². The number of halogens is 2. The van der Waals surface area contributed by atoms with Crippen LogP contribution < -0.4 is 5.32 Å². The number of piperidine rings is 1. The number of nitrogens with zero attached hydrogens (tertiary/aromatic N) is 5. The topological polar surface area (TPSA) is 83.4 Å². The van der Waals surface area contributed by atoms with E-state index in [0.717, 1.165) is 18.4 Å². The minimum atomic E-state index is -2.75. The van der Waals surface area contributed by atoms with Crippen molar-refractivity contribution in [3.05, 3.63) is 30.3 Å². The summed E-state index contributed by atoms with van der Waals surface area (Å²) in [5.74, 6) is -2.56. The molecule has 2 saturated heterocycles. The number of hydrogen-bond acceptors (Lipinski definition) is 5. The predicted molar refractivity (Wildman–Crippen MR) is 115 cm³/mol. The number of aryl methyl sites for hydroxylation is 1. The van der Waals surface area contributed by atoms with Gasteiger partial charge in [0.05, 0.1) is 13.1 Å². The highest BCUT2D eigenvalue weighted by atomic mass is 19.3. The van der Waals surface area contributed by atoms with Crippen molar-refractivity contribution in [3.8, 4) is 11.4 Å². The Kier molecular flexibility index (Phi) is 6.50. The van der Waals surface area contributed by atoms with Crippen LogP contribution in [0.3, 0.4) is 0 Å². The molecule has 10 heteroatoms. The van der Waals surface area contributed by atoms with E-state index < -0.39 is 18.5 Å². The minimum absolute atomic E-state index is 0.0970. The summed E-state index contributed by atoms with van der Waals surface area (Å²) in [4.78, 5) is 33.3. The van der Waals surface area contributed by atoms with Crippen molar-refractivity contribution in [1.29, 1.82) is 0 Å². The van der Waals surface area contributed by atoms with Crippen molar-refractivity contribution in [2.24, 2.45) is 0 Å². The number of anilines is 1. The van der Waals surface area contributed by atoms with Crippen LogP contribution in [0.1, 0.15) is 32.6 Å². The fourth-order valence-electron chi connectivity index (χ4n) is 4.34. The SMILES string of the molecule is CCn1nc(NC(=O)C2CCCCN2C(=O)CN2CCC(F)(F)C2)nc1-c1ccccc1. The van der Waals surface area contributed by atoms with E-state index in [1.165, 1.54) is 9.80 Å². The molecule has 0 saturated carbocycles. The van der Waals surface area contributed by atoms with Crippen molar-refractivity contribution in [2.75, 3.05) is 31.5 Å². The summed E-state index contributed by atoms with van der Waals surface area (Å²) in [5, 5.41) is 7.15. The Hall–Kier alpha value is -2.88. The molecule has 1 unspecified atom stereocenters. The molecule has 2 aromatic rings. The van der Waals surface area contributed by atoms with Gasteiger partial charge in [-0.15, -0.1) is 5.10 Å². The van der Waals surface area contributed by atoms with Gasteiger partial charge in [0.15, 0.2) is 5.82 Å². The molecule has 3 heterocycles. The molecule has 1 aromatic heterocycles. The molecule has 32 heavy (non-hydrogen) atoms. The van der Waals surface area contributed by atoms with E-state index in [-0.39, 0.29) is 37.3 Å². The van der Waals surface area contributed by atoms with Gasteiger partial charge in [-0.3, -0.25) is 19.8 Å². The number of carbonyl (C=O) groups is 2. The summed E-state index contributed by atoms with van der Waals surface area (Å²) in [6.07, 6.45) is 1.88. The average molecular weight is 447 g/mol. The van der Waals surface area contributed by atoms with Gasteiger partial charge in [0.25, 0.3) is 5.92 Å². The quantitative estimate of drug-likeness (QED) is 0.738. The van der Waals surface area contributed by atoms with E-state index >= 15 is 0 Å². The maximum atomic E-state index is 13.5. The second kappa shape index (κ2) is 9.32. The largest absolute Gasteiger partial charge is 0.330 e. The Morgan fingerprint density at radius 3 is 2.66 bits per heavy atom. The number of rotatable bonds is 6. The zero-order chi connectivity index (χ0) is 22.7. The zero-order valence-electron chi connectivity index (χ0n) is 18.1. The molecule has 0 aliphatic carbocycles. The molecule has 0 radical (unpaired) electrons. The van der Waals surface area contributed by atoms with Gasteiger partial charge >= 0.3 is 0 Å². The summed E-state index contributed by atoms with van der Waals surface area (Å²) < 4.78 is 28.7. The van der Waals surface area contributed by atoms with Crippen LogP contribution in [0.25, 0.3) is 11.4 Å². The smallest absolute Gasteiger partial charge is 0.261 e. The minimum Gasteiger partial charge on any atom is -0.330 e. The lowest BCUT2D eigenvalue weighted by Gasteiger charge is -2.35. The van der Waals surface area contributed by atoms with Crippen LogP contribution in [0.4, 0.5) is 14.7 Å². The number of nitrogens with one attached hydrogen (secondary N) is 1. The molecule has 0 bridgehead atoms. The molecule has 0 spiro atoms. The number of alkyl halides is 2. The van der Waals surface area contributed by atoms with Gasteiger partial charge in [0.2, 0.25) is 17.8 Å². The number of benzene rings is 1. The van der Waals surface area contributed by atoms with Gasteiger partial charge in [0.1, 0.15) is 6.04 Å². The van der Waals surface area contributed by atoms with E-state index in [2.05, 4.69) is 15.4 Å². The first-order valence-corrected chi connectivity index (χ1v) is 11.1. The number of hydrogen-bond donors (Lipinski definition) is 1. The summed E-state index contributed by atoms with van der Waals surface area (Å²) in [5.41, 5.74) is 0.888. The maximum Gasteiger partial charge on any atom is 0.261 e. The number of carbonyl (C=O) groups excluding carboxylic acids is 2. The van der Waals surface area contributed by atoms with Crippen molar-refractivity contribution in [1.82, 2.24) is 24.6 Å². The van der Waals surface area contributed by atoms with Crippen LogP contribution in [-0.4, -0.2) is 74.5 Å². The summed E-state index contributed by atoms with van der Waals surface area (Å²) >= 11 is 0. The van der Waals surface area contributed by atoms with Crippen molar-refractivity contribution < 1.29 is 18.4 Å². The summed E-state index contributed by atoms with van der Waals surface area (Å²) in [6.45, 7) is 2.64. The van der Waals surface area contributed by atoms with Crippen molar-refractivity contribution in [2.45, 2.75) is 51.1 Å². The van der Waals surface area contributed by atoms with Gasteiger partial charge in [-0.25, -0.2) is 13.5 Å². The zero-order valence-corrected chi connectivity index (χ0v) is 18.1. The van der Waals surface area contributed by atoms with Crippen LogP contribution in [0, 0.1) is 0 Å². The van der Waals surface area contributed by atoms with Gasteiger partial charge in [-0.2, -0.15) is 4.98 Å². The van der Waals surface area contributed by atoms with Gasteiger partial charge < -0.3 is 4.90 Å². The second-order valence-corrected chi connectivity index (χ2v) is 8.35. The molecule has 1 N–H and O–H groups in total. The molecule has 2 aliphatic rings. The van der Waals surface area contributed by atoms with Gasteiger partial charge in [-0.1, -0.05) is 30.3 Å². The number of likely N-dealkylation sites (tertiary alicyclic amines) is 2. The molecule has 2 aliphatic heterocycles. The molecule has 1 atom stereocenters. The van der Waals surface area contributed by atoms with Crippen molar-refractivity contribution >= 4 is 17.8 Å². The Bertz CT molecular complexity index is 965. The molecule has 2 amide bonds. The van der Waals surface area contributed by atoms with E-state index in [1.807, 2.05) is 37.3 Å². The van der Waals surface area contributed by atoms with Gasteiger partial charge in [0, 0.05) is 31.6 Å². The Morgan fingerprint density at radius 1 is 1.19 bits per heavy atom. The molecule has 4 rings (SSSR count). The molecular formula is C22H28F2N6O2. The maximum absolute atomic E-state index is 13.5. The third-order valence-electron chi connectivity index (χ3n) is 5.97. The molecule has 172 valence electrons. The van der Waals surface area contributed by atoms with E-state index in [4.69, 9.17) is 0 Å². The van der Waals surface area contributed by atoms with Crippen LogP contribution >= 0.6 is 0 Å². The van der Waals surface area contributed by atoms with Crippen LogP contribution in [0.2, 0.25) is 0 Å². The van der Waals surface area contributed by atoms with E-state index in [0.29, 0.717) is 25.3 Å². The first-order valence-electron chi connectivity index (χ1n) is 11.1. The molecule has 1 aromatic carbocycles. The fraction of sp³-hybridized carbons (Fsp3) is 0.545. The first kappa shape index (κ1) is 22.3. The lowest BCUT2D eigenvalue weighted by molar-refractivity contribution is -0.141. The standard InChI is InChI=1S/C22H28F2N6O2/c1-2-30-19(16-8-4-3-5-9-16)25-21(27-30)26-20(32)17-10-6-7-12-29(17)18(31)14-28-13-11-22(23,24)15-28/h3-5,8-9,17H,2,6-7,10-15H2,1H3,(H,26,27,32). The predicted octanol–water partition coefficient (Wildman–Crippen LogP) is 2.63. The first-order chi connectivity index (χ1) is 15.4. The van der Waals surface area contributed by atoms with Crippen LogP contribution in [-0.2, 0) is 16.1 Å². The van der Waals surface area contributed by atoms with Crippen LogP contribution in [0.15, 0.2) is 30.3 Å². The van der Waals surface area contributed by atoms with E-state index in [9.17, 15) is 18.4 Å². The van der Waals surface area contributed by atoms with Crippen LogP contribution in [0.5, 0.6) is 0 Å². The third-order valence-corrected chi connectivity index (χ3v) is 5.97. The highest BCUT2D eigenvalue weighted by molar-refractivity contribution is 5.96. The molecule has 8 nitrogen and oxygen atoms in total.